The van der Waals surface area contributed by atoms with E-state index in [2.05, 4.69) is 20.8 Å². The molecule has 0 saturated carbocycles. The average Bonchev–Trinajstić information content (AvgIpc) is 2.70. The van der Waals surface area contributed by atoms with Gasteiger partial charge in [0.05, 0.1) is 21.8 Å². The number of nitrogens with zero attached hydrogens (tertiary/aromatic N) is 1. The molecule has 1 aromatic rings. The Morgan fingerprint density at radius 2 is 2.31 bits per heavy atom. The van der Waals surface area contributed by atoms with Crippen LogP contribution in [0.1, 0.15) is 16.6 Å². The number of Topliss-reactive ketones (excluding diaryl/α,β-unsaturated/α-hetero) is 1. The highest BCUT2D eigenvalue weighted by molar-refractivity contribution is 9.11. The van der Waals surface area contributed by atoms with Gasteiger partial charge in [0.2, 0.25) is 0 Å². The van der Waals surface area contributed by atoms with Gasteiger partial charge in [-0.1, -0.05) is 6.92 Å². The molecule has 0 aliphatic carbocycles. The van der Waals surface area contributed by atoms with Crippen LogP contribution in [0.4, 0.5) is 0 Å². The van der Waals surface area contributed by atoms with Crippen LogP contribution in [0.5, 0.6) is 0 Å². The third-order valence-corrected chi connectivity index (χ3v) is 3.94. The first kappa shape index (κ1) is 13.8. The highest BCUT2D eigenvalue weighted by Gasteiger charge is 2.12. The van der Waals surface area contributed by atoms with Crippen molar-refractivity contribution in [3.63, 3.8) is 0 Å². The van der Waals surface area contributed by atoms with Crippen molar-refractivity contribution in [1.82, 2.24) is 4.90 Å². The van der Waals surface area contributed by atoms with Crippen LogP contribution in [0.2, 0.25) is 0 Å². The molecule has 90 valence electrons. The third-order valence-electron chi connectivity index (χ3n) is 2.27. The molecule has 3 nitrogen and oxygen atoms in total. The van der Waals surface area contributed by atoms with Crippen LogP contribution < -0.4 is 0 Å². The number of likely N-dealkylation sites (N-methyl/N-ethyl adjacent to an activating group) is 1. The molecule has 0 bridgehead atoms. The molecule has 0 atom stereocenters. The van der Waals surface area contributed by atoms with Gasteiger partial charge in [0, 0.05) is 13.7 Å². The molecule has 0 saturated heterocycles. The zero-order valence-electron chi connectivity index (χ0n) is 9.53. The Hall–Kier alpha value is -0.230. The number of methoxy groups -OCH3 is 1. The van der Waals surface area contributed by atoms with E-state index in [0.29, 0.717) is 13.2 Å². The monoisotopic (exact) mass is 305 g/mol. The van der Waals surface area contributed by atoms with E-state index < -0.39 is 0 Å². The van der Waals surface area contributed by atoms with Gasteiger partial charge in [-0.3, -0.25) is 9.69 Å². The number of ketones is 1. The van der Waals surface area contributed by atoms with Gasteiger partial charge in [0.25, 0.3) is 0 Å². The predicted octanol–water partition coefficient (Wildman–Crippen LogP) is 2.66. The summed E-state index contributed by atoms with van der Waals surface area (Å²) >= 11 is 4.84. The van der Waals surface area contributed by atoms with Gasteiger partial charge >= 0.3 is 0 Å². The van der Waals surface area contributed by atoms with E-state index in [-0.39, 0.29) is 5.78 Å². The zero-order valence-corrected chi connectivity index (χ0v) is 11.9. The molecule has 1 rings (SSSR count). The van der Waals surface area contributed by atoms with E-state index in [1.165, 1.54) is 11.3 Å². The molecule has 0 unspecified atom stereocenters. The van der Waals surface area contributed by atoms with Crippen molar-refractivity contribution in [3.05, 3.63) is 20.8 Å². The van der Waals surface area contributed by atoms with Crippen molar-refractivity contribution < 1.29 is 9.53 Å². The fourth-order valence-corrected chi connectivity index (χ4v) is 2.63. The summed E-state index contributed by atoms with van der Waals surface area (Å²) in [5.41, 5.74) is 0. The first-order valence-corrected chi connectivity index (χ1v) is 6.78. The minimum absolute atomic E-state index is 0.175. The van der Waals surface area contributed by atoms with Crippen molar-refractivity contribution in [2.75, 3.05) is 33.4 Å². The molecule has 0 spiro atoms. The molecule has 0 fully saturated rings. The Bertz CT molecular complexity index is 340. The summed E-state index contributed by atoms with van der Waals surface area (Å²) in [5, 5.41) is 0. The molecule has 5 heteroatoms. The maximum absolute atomic E-state index is 11.9. The van der Waals surface area contributed by atoms with Crippen LogP contribution in [0.15, 0.2) is 15.9 Å². The van der Waals surface area contributed by atoms with Crippen molar-refractivity contribution in [3.8, 4) is 0 Å². The Balaban J connectivity index is 2.48. The fourth-order valence-electron chi connectivity index (χ4n) is 1.31. The lowest BCUT2D eigenvalue weighted by Crippen LogP contribution is -2.32. The summed E-state index contributed by atoms with van der Waals surface area (Å²) in [7, 11) is 1.67. The number of carbonyl (C=O) groups is 1. The molecule has 16 heavy (non-hydrogen) atoms. The van der Waals surface area contributed by atoms with Gasteiger partial charge in [0.1, 0.15) is 0 Å². The first-order chi connectivity index (χ1) is 7.67. The summed E-state index contributed by atoms with van der Waals surface area (Å²) in [6, 6.07) is 3.77. The Morgan fingerprint density at radius 1 is 1.56 bits per heavy atom. The lowest BCUT2D eigenvalue weighted by molar-refractivity contribution is 0.0906. The van der Waals surface area contributed by atoms with Crippen LogP contribution in [0.25, 0.3) is 0 Å². The number of halogens is 1. The Labute approximate surface area is 109 Å². The molecule has 0 aliphatic heterocycles. The predicted molar refractivity (Wildman–Crippen MR) is 70.3 cm³/mol. The summed E-state index contributed by atoms with van der Waals surface area (Å²) in [4.78, 5) is 14.8. The Kier molecular flexibility index (Phi) is 6.20. The van der Waals surface area contributed by atoms with E-state index in [1.54, 1.807) is 7.11 Å². The third kappa shape index (κ3) is 4.33. The summed E-state index contributed by atoms with van der Waals surface area (Å²) in [6.45, 7) is 4.84. The minimum atomic E-state index is 0.175. The second-order valence-corrected chi connectivity index (χ2v) is 5.85. The molecule has 0 radical (unpaired) electrons. The number of rotatable bonds is 7. The standard InChI is InChI=1S/C11H16BrNO2S/c1-3-13(6-7-15-2)8-9(14)10-4-5-11(12)16-10/h4-5H,3,6-8H2,1-2H3. The van der Waals surface area contributed by atoms with Gasteiger partial charge < -0.3 is 4.74 Å². The topological polar surface area (TPSA) is 29.5 Å². The molecule has 0 aromatic carbocycles. The summed E-state index contributed by atoms with van der Waals surface area (Å²) in [6.07, 6.45) is 0. The van der Waals surface area contributed by atoms with Crippen LogP contribution in [-0.4, -0.2) is 44.0 Å². The number of hydrogen-bond acceptors (Lipinski definition) is 4. The fraction of sp³-hybridized carbons (Fsp3) is 0.545. The van der Waals surface area contributed by atoms with Crippen molar-refractivity contribution >= 4 is 33.0 Å². The van der Waals surface area contributed by atoms with Crippen molar-refractivity contribution in [2.24, 2.45) is 0 Å². The van der Waals surface area contributed by atoms with Crippen LogP contribution >= 0.6 is 27.3 Å². The van der Waals surface area contributed by atoms with Crippen molar-refractivity contribution in [2.45, 2.75) is 6.92 Å². The lowest BCUT2D eigenvalue weighted by Gasteiger charge is -2.18. The maximum atomic E-state index is 11.9. The maximum Gasteiger partial charge on any atom is 0.186 e. The lowest BCUT2D eigenvalue weighted by atomic mass is 10.3. The molecule has 0 amide bonds. The Morgan fingerprint density at radius 3 is 2.81 bits per heavy atom. The van der Waals surface area contributed by atoms with E-state index in [9.17, 15) is 4.79 Å². The number of thiophene rings is 1. The quantitative estimate of drug-likeness (QED) is 0.725. The summed E-state index contributed by atoms with van der Waals surface area (Å²) in [5.74, 6) is 0.175. The molecule has 0 N–H and O–H groups in total. The van der Waals surface area contributed by atoms with Crippen molar-refractivity contribution in [1.29, 1.82) is 0 Å². The largest absolute Gasteiger partial charge is 0.383 e. The normalized spacial score (nSPS) is 11.0. The number of ether oxygens (including phenoxy) is 1. The van der Waals surface area contributed by atoms with E-state index >= 15 is 0 Å². The zero-order chi connectivity index (χ0) is 12.0. The van der Waals surface area contributed by atoms with E-state index in [0.717, 1.165) is 21.8 Å². The SMILES string of the molecule is CCN(CCOC)CC(=O)c1ccc(Br)s1. The molecule has 0 aliphatic rings. The second-order valence-electron chi connectivity index (χ2n) is 3.39. The molecular weight excluding hydrogens is 290 g/mol. The highest BCUT2D eigenvalue weighted by Crippen LogP contribution is 2.22. The minimum Gasteiger partial charge on any atom is -0.383 e. The van der Waals surface area contributed by atoms with Gasteiger partial charge in [-0.2, -0.15) is 0 Å². The second kappa shape index (κ2) is 7.17. The highest BCUT2D eigenvalue weighted by atomic mass is 79.9. The van der Waals surface area contributed by atoms with E-state index in [4.69, 9.17) is 4.74 Å². The summed E-state index contributed by atoms with van der Waals surface area (Å²) < 4.78 is 6.00. The number of hydrogen-bond donors (Lipinski definition) is 0. The van der Waals surface area contributed by atoms with Gasteiger partial charge in [-0.15, -0.1) is 11.3 Å². The first-order valence-electron chi connectivity index (χ1n) is 5.17. The van der Waals surface area contributed by atoms with E-state index in [1.807, 2.05) is 19.1 Å². The molecule has 1 aromatic heterocycles. The van der Waals surface area contributed by atoms with Gasteiger partial charge in [-0.25, -0.2) is 0 Å². The van der Waals surface area contributed by atoms with Gasteiger partial charge in [-0.05, 0) is 34.6 Å². The van der Waals surface area contributed by atoms with Gasteiger partial charge in [0.15, 0.2) is 5.78 Å². The van der Waals surface area contributed by atoms with Crippen LogP contribution in [-0.2, 0) is 4.74 Å². The van der Waals surface area contributed by atoms with Crippen LogP contribution in [0.3, 0.4) is 0 Å². The smallest absolute Gasteiger partial charge is 0.186 e. The average molecular weight is 306 g/mol. The molecular formula is C11H16BrNO2S. The molecule has 1 heterocycles. The number of carbonyl (C=O) groups excluding carboxylic acids is 1. The van der Waals surface area contributed by atoms with Crippen LogP contribution in [0, 0.1) is 0 Å².